The third-order valence-corrected chi connectivity index (χ3v) is 2.79. The Kier molecular flexibility index (Phi) is 3.82. The maximum absolute atomic E-state index is 11.6. The number of carbonyl (C=O) groups excluding carboxylic acids is 1. The standard InChI is InChI=1S/C14H13N5O3/c1-19-9-10(7-16-19)14-17-13(22-18-14)8-15-12(20)5-4-11-3-2-6-21-11/h2-7,9H,8H2,1H3,(H,15,20). The van der Waals surface area contributed by atoms with Crippen molar-refractivity contribution in [2.24, 2.45) is 7.05 Å². The second-order valence-electron chi connectivity index (χ2n) is 4.48. The number of aromatic nitrogens is 4. The second kappa shape index (κ2) is 6.08. The molecule has 0 unspecified atom stereocenters. The number of amides is 1. The highest BCUT2D eigenvalue weighted by Gasteiger charge is 2.10. The molecule has 8 nitrogen and oxygen atoms in total. The first-order valence-electron chi connectivity index (χ1n) is 6.52. The number of nitrogens with one attached hydrogen (secondary N) is 1. The molecule has 0 bridgehead atoms. The van der Waals surface area contributed by atoms with Crippen LogP contribution >= 0.6 is 0 Å². The highest BCUT2D eigenvalue weighted by Crippen LogP contribution is 2.13. The van der Waals surface area contributed by atoms with Gasteiger partial charge in [-0.05, 0) is 18.2 Å². The Labute approximate surface area is 125 Å². The van der Waals surface area contributed by atoms with E-state index in [1.165, 1.54) is 12.3 Å². The molecule has 112 valence electrons. The van der Waals surface area contributed by atoms with Gasteiger partial charge >= 0.3 is 0 Å². The van der Waals surface area contributed by atoms with Crippen LogP contribution in [0, 0.1) is 0 Å². The molecule has 3 rings (SSSR count). The van der Waals surface area contributed by atoms with Crippen LogP contribution in [0.3, 0.4) is 0 Å². The molecule has 0 atom stereocenters. The number of aryl methyl sites for hydroxylation is 1. The first-order chi connectivity index (χ1) is 10.7. The molecular weight excluding hydrogens is 286 g/mol. The van der Waals surface area contributed by atoms with Gasteiger partial charge in [0.05, 0.1) is 24.6 Å². The quantitative estimate of drug-likeness (QED) is 0.715. The average Bonchev–Trinajstić information content (AvgIpc) is 3.24. The third kappa shape index (κ3) is 3.29. The summed E-state index contributed by atoms with van der Waals surface area (Å²) >= 11 is 0. The monoisotopic (exact) mass is 299 g/mol. The molecule has 0 aliphatic rings. The molecule has 3 aromatic heterocycles. The highest BCUT2D eigenvalue weighted by atomic mass is 16.5. The molecule has 22 heavy (non-hydrogen) atoms. The van der Waals surface area contributed by atoms with Crippen LogP contribution < -0.4 is 5.32 Å². The van der Waals surface area contributed by atoms with Crippen molar-refractivity contribution in [3.05, 3.63) is 48.5 Å². The van der Waals surface area contributed by atoms with Crippen LogP contribution in [0.2, 0.25) is 0 Å². The molecule has 8 heteroatoms. The Balaban J connectivity index is 1.55. The number of hydrogen-bond donors (Lipinski definition) is 1. The summed E-state index contributed by atoms with van der Waals surface area (Å²) in [4.78, 5) is 15.8. The van der Waals surface area contributed by atoms with Gasteiger partial charge in [0, 0.05) is 19.3 Å². The average molecular weight is 299 g/mol. The van der Waals surface area contributed by atoms with Crippen molar-refractivity contribution in [1.82, 2.24) is 25.2 Å². The Morgan fingerprint density at radius 2 is 2.41 bits per heavy atom. The summed E-state index contributed by atoms with van der Waals surface area (Å²) in [6.07, 6.45) is 7.90. The molecular formula is C14H13N5O3. The zero-order chi connectivity index (χ0) is 15.4. The SMILES string of the molecule is Cn1cc(-c2noc(CNC(=O)C=Cc3ccco3)n2)cn1. The molecule has 3 aromatic rings. The lowest BCUT2D eigenvalue weighted by Crippen LogP contribution is -2.20. The van der Waals surface area contributed by atoms with Crippen molar-refractivity contribution in [1.29, 1.82) is 0 Å². The zero-order valence-corrected chi connectivity index (χ0v) is 11.8. The lowest BCUT2D eigenvalue weighted by atomic mass is 10.3. The van der Waals surface area contributed by atoms with Crippen LogP contribution in [0.1, 0.15) is 11.7 Å². The minimum atomic E-state index is -0.280. The summed E-state index contributed by atoms with van der Waals surface area (Å²) in [7, 11) is 1.80. The number of furan rings is 1. The first kappa shape index (κ1) is 13.8. The van der Waals surface area contributed by atoms with Gasteiger partial charge in [-0.1, -0.05) is 5.16 Å². The zero-order valence-electron chi connectivity index (χ0n) is 11.8. The molecule has 1 amide bonds. The fraction of sp³-hybridized carbons (Fsp3) is 0.143. The Morgan fingerprint density at radius 1 is 1.50 bits per heavy atom. The maximum atomic E-state index is 11.6. The van der Waals surface area contributed by atoms with E-state index in [0.717, 1.165) is 5.56 Å². The van der Waals surface area contributed by atoms with Crippen molar-refractivity contribution in [3.8, 4) is 11.4 Å². The minimum absolute atomic E-state index is 0.147. The van der Waals surface area contributed by atoms with E-state index in [-0.39, 0.29) is 12.5 Å². The van der Waals surface area contributed by atoms with E-state index in [9.17, 15) is 4.79 Å². The van der Waals surface area contributed by atoms with Crippen molar-refractivity contribution < 1.29 is 13.7 Å². The van der Waals surface area contributed by atoms with E-state index in [0.29, 0.717) is 17.5 Å². The van der Waals surface area contributed by atoms with E-state index in [4.69, 9.17) is 8.94 Å². The highest BCUT2D eigenvalue weighted by molar-refractivity contribution is 5.91. The summed E-state index contributed by atoms with van der Waals surface area (Å²) in [5, 5.41) is 10.5. The van der Waals surface area contributed by atoms with Crippen LogP contribution in [0.15, 0.2) is 45.8 Å². The van der Waals surface area contributed by atoms with Gasteiger partial charge in [0.15, 0.2) is 0 Å². The van der Waals surface area contributed by atoms with E-state index in [1.807, 2.05) is 0 Å². The molecule has 1 N–H and O–H groups in total. The fourth-order valence-corrected chi connectivity index (χ4v) is 1.75. The molecule has 0 aliphatic heterocycles. The van der Waals surface area contributed by atoms with Gasteiger partial charge in [0.1, 0.15) is 5.76 Å². The number of nitrogens with zero attached hydrogens (tertiary/aromatic N) is 4. The van der Waals surface area contributed by atoms with Gasteiger partial charge in [-0.3, -0.25) is 9.48 Å². The molecule has 0 saturated carbocycles. The predicted octanol–water partition coefficient (Wildman–Crippen LogP) is 1.39. The molecule has 0 fully saturated rings. The van der Waals surface area contributed by atoms with Crippen LogP contribution in [-0.4, -0.2) is 25.8 Å². The molecule has 0 spiro atoms. The molecule has 3 heterocycles. The molecule has 0 saturated heterocycles. The van der Waals surface area contributed by atoms with Crippen LogP contribution in [0.25, 0.3) is 17.5 Å². The minimum Gasteiger partial charge on any atom is -0.465 e. The molecule has 0 aromatic carbocycles. The van der Waals surface area contributed by atoms with E-state index >= 15 is 0 Å². The Morgan fingerprint density at radius 3 is 3.14 bits per heavy atom. The first-order valence-corrected chi connectivity index (χ1v) is 6.52. The summed E-state index contributed by atoms with van der Waals surface area (Å²) in [5.74, 6) is 1.08. The number of carbonyl (C=O) groups is 1. The van der Waals surface area contributed by atoms with Gasteiger partial charge < -0.3 is 14.3 Å². The largest absolute Gasteiger partial charge is 0.465 e. The van der Waals surface area contributed by atoms with Crippen molar-refractivity contribution in [2.75, 3.05) is 0 Å². The predicted molar refractivity (Wildman–Crippen MR) is 76.1 cm³/mol. The Bertz CT molecular complexity index is 785. The van der Waals surface area contributed by atoms with Crippen molar-refractivity contribution in [3.63, 3.8) is 0 Å². The van der Waals surface area contributed by atoms with Crippen molar-refractivity contribution in [2.45, 2.75) is 6.54 Å². The van der Waals surface area contributed by atoms with E-state index in [2.05, 4.69) is 20.6 Å². The molecule has 0 aliphatic carbocycles. The summed E-state index contributed by atoms with van der Waals surface area (Å²) in [6, 6.07) is 3.50. The van der Waals surface area contributed by atoms with Crippen molar-refractivity contribution >= 4 is 12.0 Å². The summed E-state index contributed by atoms with van der Waals surface area (Å²) in [6.45, 7) is 0.147. The topological polar surface area (TPSA) is 99.0 Å². The van der Waals surface area contributed by atoms with Gasteiger partial charge in [0.25, 0.3) is 0 Å². The summed E-state index contributed by atoms with van der Waals surface area (Å²) < 4.78 is 11.8. The fourth-order valence-electron chi connectivity index (χ4n) is 1.75. The van der Waals surface area contributed by atoms with Gasteiger partial charge in [-0.2, -0.15) is 10.1 Å². The lowest BCUT2D eigenvalue weighted by Gasteiger charge is -1.95. The molecule has 0 radical (unpaired) electrons. The maximum Gasteiger partial charge on any atom is 0.246 e. The van der Waals surface area contributed by atoms with Gasteiger partial charge in [-0.25, -0.2) is 0 Å². The van der Waals surface area contributed by atoms with E-state index in [1.54, 1.807) is 42.3 Å². The lowest BCUT2D eigenvalue weighted by molar-refractivity contribution is -0.116. The van der Waals surface area contributed by atoms with Crippen LogP contribution in [0.4, 0.5) is 0 Å². The van der Waals surface area contributed by atoms with Gasteiger partial charge in [-0.15, -0.1) is 0 Å². The van der Waals surface area contributed by atoms with Crippen LogP contribution in [0.5, 0.6) is 0 Å². The van der Waals surface area contributed by atoms with E-state index < -0.39 is 0 Å². The number of rotatable bonds is 5. The Hall–Kier alpha value is -3.16. The smallest absolute Gasteiger partial charge is 0.246 e. The normalized spacial score (nSPS) is 11.1. The van der Waals surface area contributed by atoms with Gasteiger partial charge in [0.2, 0.25) is 17.6 Å². The second-order valence-corrected chi connectivity index (χ2v) is 4.48. The summed E-state index contributed by atoms with van der Waals surface area (Å²) in [5.41, 5.74) is 0.751. The number of hydrogen-bond acceptors (Lipinski definition) is 6. The third-order valence-electron chi connectivity index (χ3n) is 2.79. The van der Waals surface area contributed by atoms with Crippen LogP contribution in [-0.2, 0) is 18.4 Å².